The highest BCUT2D eigenvalue weighted by Crippen LogP contribution is 2.22. The molecule has 1 aliphatic rings. The van der Waals surface area contributed by atoms with Gasteiger partial charge in [-0.15, -0.1) is 0 Å². The number of aromatic nitrogens is 1. The minimum absolute atomic E-state index is 0.00995. The second-order valence-corrected chi connectivity index (χ2v) is 7.59. The first-order valence-corrected chi connectivity index (χ1v) is 9.83. The fourth-order valence-electron chi connectivity index (χ4n) is 3.75. The summed E-state index contributed by atoms with van der Waals surface area (Å²) in [7, 11) is 1.33. The van der Waals surface area contributed by atoms with E-state index in [-0.39, 0.29) is 17.7 Å². The predicted molar refractivity (Wildman–Crippen MR) is 110 cm³/mol. The normalized spacial score (nSPS) is 14.9. The van der Waals surface area contributed by atoms with E-state index in [4.69, 9.17) is 4.74 Å². The molecule has 0 aliphatic carbocycles. The quantitative estimate of drug-likeness (QED) is 0.729. The Balaban J connectivity index is 1.83. The van der Waals surface area contributed by atoms with Crippen LogP contribution in [-0.4, -0.2) is 46.9 Å². The molecule has 2 amide bonds. The van der Waals surface area contributed by atoms with Crippen LogP contribution in [0.5, 0.6) is 0 Å². The Morgan fingerprint density at radius 2 is 1.93 bits per heavy atom. The van der Waals surface area contributed by atoms with Gasteiger partial charge in [-0.2, -0.15) is 0 Å². The van der Waals surface area contributed by atoms with Gasteiger partial charge in [0.05, 0.1) is 12.8 Å². The summed E-state index contributed by atoms with van der Waals surface area (Å²) in [4.78, 5) is 39.0. The molecule has 1 saturated heterocycles. The smallest absolute Gasteiger partial charge is 0.354 e. The van der Waals surface area contributed by atoms with Crippen LogP contribution in [0.15, 0.2) is 42.6 Å². The molecule has 1 aromatic heterocycles. The Kier molecular flexibility index (Phi) is 6.36. The van der Waals surface area contributed by atoms with Crippen molar-refractivity contribution in [3.05, 3.63) is 53.9 Å². The van der Waals surface area contributed by atoms with Crippen LogP contribution in [-0.2, 0) is 20.9 Å². The average Bonchev–Trinajstić information content (AvgIpc) is 3.28. The number of methoxy groups -OCH3 is 1. The molecule has 1 atom stereocenters. The standard InChI is InChI=1S/C22H27N3O4/c1-15(2)20(25-11-7-10-19(25)26)21(27)23-17-12-18(22(28)29-3)24(14-17)13-16-8-5-4-6-9-16/h4-6,8-9,12,14-15,20H,7,10-11,13H2,1-3H3,(H,23,27). The minimum atomic E-state index is -0.538. The van der Waals surface area contributed by atoms with Gasteiger partial charge in [-0.05, 0) is 24.0 Å². The maximum absolute atomic E-state index is 13.0. The van der Waals surface area contributed by atoms with Gasteiger partial charge < -0.3 is 19.5 Å². The fourth-order valence-corrected chi connectivity index (χ4v) is 3.75. The van der Waals surface area contributed by atoms with E-state index in [2.05, 4.69) is 5.32 Å². The lowest BCUT2D eigenvalue weighted by molar-refractivity contribution is -0.136. The van der Waals surface area contributed by atoms with Gasteiger partial charge in [-0.25, -0.2) is 4.79 Å². The van der Waals surface area contributed by atoms with Gasteiger partial charge in [0.25, 0.3) is 0 Å². The lowest BCUT2D eigenvalue weighted by Gasteiger charge is -2.29. The van der Waals surface area contributed by atoms with E-state index in [1.54, 1.807) is 21.7 Å². The molecular weight excluding hydrogens is 370 g/mol. The molecule has 1 unspecified atom stereocenters. The van der Waals surface area contributed by atoms with E-state index in [0.29, 0.717) is 30.9 Å². The van der Waals surface area contributed by atoms with Crippen LogP contribution < -0.4 is 5.32 Å². The Morgan fingerprint density at radius 1 is 1.21 bits per heavy atom. The monoisotopic (exact) mass is 397 g/mol. The van der Waals surface area contributed by atoms with Crippen molar-refractivity contribution >= 4 is 23.5 Å². The second kappa shape index (κ2) is 8.94. The molecule has 0 spiro atoms. The molecule has 1 aromatic carbocycles. The summed E-state index contributed by atoms with van der Waals surface area (Å²) in [6.45, 7) is 4.92. The molecule has 7 heteroatoms. The minimum Gasteiger partial charge on any atom is -0.464 e. The van der Waals surface area contributed by atoms with Gasteiger partial charge in [0.15, 0.2) is 0 Å². The molecule has 1 aliphatic heterocycles. The largest absolute Gasteiger partial charge is 0.464 e. The highest BCUT2D eigenvalue weighted by atomic mass is 16.5. The summed E-state index contributed by atoms with van der Waals surface area (Å²) < 4.78 is 6.64. The van der Waals surface area contributed by atoms with E-state index in [1.807, 2.05) is 44.2 Å². The predicted octanol–water partition coefficient (Wildman–Crippen LogP) is 2.91. The second-order valence-electron chi connectivity index (χ2n) is 7.59. The van der Waals surface area contributed by atoms with Crippen molar-refractivity contribution in [1.82, 2.24) is 9.47 Å². The number of hydrogen-bond acceptors (Lipinski definition) is 4. The number of carbonyl (C=O) groups excluding carboxylic acids is 3. The van der Waals surface area contributed by atoms with Crippen LogP contribution in [0.3, 0.4) is 0 Å². The zero-order valence-corrected chi connectivity index (χ0v) is 17.1. The van der Waals surface area contributed by atoms with Gasteiger partial charge in [0.1, 0.15) is 11.7 Å². The number of likely N-dealkylation sites (tertiary alicyclic amines) is 1. The summed E-state index contributed by atoms with van der Waals surface area (Å²) in [5.74, 6) is -0.737. The number of amides is 2. The molecular formula is C22H27N3O4. The van der Waals surface area contributed by atoms with Crippen molar-refractivity contribution in [1.29, 1.82) is 0 Å². The number of ether oxygens (including phenoxy) is 1. The first-order valence-electron chi connectivity index (χ1n) is 9.83. The number of carbonyl (C=O) groups is 3. The van der Waals surface area contributed by atoms with Crippen molar-refractivity contribution in [3.63, 3.8) is 0 Å². The molecule has 2 heterocycles. The van der Waals surface area contributed by atoms with Gasteiger partial charge in [-0.3, -0.25) is 9.59 Å². The lowest BCUT2D eigenvalue weighted by Crippen LogP contribution is -2.47. The van der Waals surface area contributed by atoms with Crippen LogP contribution in [0, 0.1) is 5.92 Å². The molecule has 0 saturated carbocycles. The zero-order chi connectivity index (χ0) is 21.0. The SMILES string of the molecule is COC(=O)c1cc(NC(=O)C(C(C)C)N2CCCC2=O)cn1Cc1ccccc1. The van der Waals surface area contributed by atoms with Gasteiger partial charge in [0.2, 0.25) is 11.8 Å². The molecule has 2 aromatic rings. The summed E-state index contributed by atoms with van der Waals surface area (Å²) in [5.41, 5.74) is 1.88. The summed E-state index contributed by atoms with van der Waals surface area (Å²) in [5, 5.41) is 2.88. The highest BCUT2D eigenvalue weighted by Gasteiger charge is 2.35. The van der Waals surface area contributed by atoms with E-state index in [1.165, 1.54) is 7.11 Å². The Bertz CT molecular complexity index is 889. The van der Waals surface area contributed by atoms with Crippen LogP contribution in [0.25, 0.3) is 0 Å². The first kappa shape index (κ1) is 20.6. The number of nitrogens with zero attached hydrogens (tertiary/aromatic N) is 2. The van der Waals surface area contributed by atoms with Crippen LogP contribution in [0.2, 0.25) is 0 Å². The Hall–Kier alpha value is -3.09. The third-order valence-electron chi connectivity index (χ3n) is 5.10. The fraction of sp³-hybridized carbons (Fsp3) is 0.409. The van der Waals surface area contributed by atoms with Gasteiger partial charge in [-0.1, -0.05) is 44.2 Å². The molecule has 7 nitrogen and oxygen atoms in total. The van der Waals surface area contributed by atoms with Crippen molar-refractivity contribution in [2.24, 2.45) is 5.92 Å². The van der Waals surface area contributed by atoms with Crippen molar-refractivity contribution < 1.29 is 19.1 Å². The topological polar surface area (TPSA) is 80.6 Å². The average molecular weight is 397 g/mol. The lowest BCUT2D eigenvalue weighted by atomic mass is 10.0. The molecule has 154 valence electrons. The number of hydrogen-bond donors (Lipinski definition) is 1. The molecule has 3 rings (SSSR count). The summed E-state index contributed by atoms with van der Waals surface area (Å²) in [6.07, 6.45) is 2.98. The number of esters is 1. The molecule has 0 radical (unpaired) electrons. The van der Waals surface area contributed by atoms with Gasteiger partial charge >= 0.3 is 5.97 Å². The van der Waals surface area contributed by atoms with E-state index in [9.17, 15) is 14.4 Å². The molecule has 1 N–H and O–H groups in total. The first-order chi connectivity index (χ1) is 13.9. The van der Waals surface area contributed by atoms with E-state index < -0.39 is 12.0 Å². The summed E-state index contributed by atoms with van der Waals surface area (Å²) >= 11 is 0. The Morgan fingerprint density at radius 3 is 2.52 bits per heavy atom. The number of benzene rings is 1. The van der Waals surface area contributed by atoms with Crippen LogP contribution in [0.4, 0.5) is 5.69 Å². The van der Waals surface area contributed by atoms with E-state index >= 15 is 0 Å². The third-order valence-corrected chi connectivity index (χ3v) is 5.10. The van der Waals surface area contributed by atoms with Crippen molar-refractivity contribution in [3.8, 4) is 0 Å². The maximum atomic E-state index is 13.0. The third kappa shape index (κ3) is 4.67. The summed E-state index contributed by atoms with van der Waals surface area (Å²) in [6, 6.07) is 10.8. The molecule has 1 fully saturated rings. The number of nitrogens with one attached hydrogen (secondary N) is 1. The van der Waals surface area contributed by atoms with Crippen LogP contribution >= 0.6 is 0 Å². The highest BCUT2D eigenvalue weighted by molar-refractivity contribution is 5.99. The molecule has 29 heavy (non-hydrogen) atoms. The maximum Gasteiger partial charge on any atom is 0.354 e. The zero-order valence-electron chi connectivity index (χ0n) is 17.1. The Labute approximate surface area is 170 Å². The van der Waals surface area contributed by atoms with Crippen molar-refractivity contribution in [2.75, 3.05) is 19.0 Å². The van der Waals surface area contributed by atoms with Crippen molar-refractivity contribution in [2.45, 2.75) is 39.3 Å². The van der Waals surface area contributed by atoms with Gasteiger partial charge in [0, 0.05) is 25.7 Å². The number of rotatable bonds is 7. The number of anilines is 1. The van der Waals surface area contributed by atoms with E-state index in [0.717, 1.165) is 12.0 Å². The molecule has 0 bridgehead atoms. The van der Waals surface area contributed by atoms with Crippen LogP contribution in [0.1, 0.15) is 42.7 Å².